The number of carbonyl (C=O) groups is 1. The predicted molar refractivity (Wildman–Crippen MR) is 131 cm³/mol. The normalized spacial score (nSPS) is 23.1. The number of likely N-dealkylation sites (N-methyl/N-ethyl adjacent to an activating group) is 1. The summed E-state index contributed by atoms with van der Waals surface area (Å²) in [7, 11) is 1.61. The van der Waals surface area contributed by atoms with Crippen molar-refractivity contribution in [2.45, 2.75) is 36.6 Å². The Bertz CT molecular complexity index is 1390. The molecule has 2 aromatic carbocycles. The maximum Gasteiger partial charge on any atom is 0.239 e. The van der Waals surface area contributed by atoms with E-state index in [0.717, 1.165) is 40.0 Å². The Balaban J connectivity index is 1.56. The van der Waals surface area contributed by atoms with Gasteiger partial charge in [0, 0.05) is 11.9 Å². The van der Waals surface area contributed by atoms with Crippen LogP contribution in [0.15, 0.2) is 60.0 Å². The number of hydrogen-bond donors (Lipinski definition) is 2. The number of nitrogens with zero attached hydrogens (tertiary/aromatic N) is 3. The molecule has 1 aromatic heterocycles. The topological polar surface area (TPSA) is 104 Å². The maximum absolute atomic E-state index is 13.5. The number of thiophene rings is 1. The second-order valence-electron chi connectivity index (χ2n) is 9.21. The van der Waals surface area contributed by atoms with E-state index in [2.05, 4.69) is 17.5 Å². The molecule has 1 amide bonds. The molecule has 1 aliphatic heterocycles. The monoisotopic (exact) mass is 465 g/mol. The summed E-state index contributed by atoms with van der Waals surface area (Å²) in [6, 6.07) is 21.9. The highest BCUT2D eigenvalue weighted by atomic mass is 32.1. The number of amides is 1. The van der Waals surface area contributed by atoms with E-state index in [1.165, 1.54) is 16.2 Å². The Labute approximate surface area is 202 Å². The molecule has 1 unspecified atom stereocenters. The van der Waals surface area contributed by atoms with Crippen molar-refractivity contribution in [1.82, 2.24) is 10.2 Å². The maximum atomic E-state index is 13.5. The number of nitrogens with one attached hydrogen (secondary N) is 2. The first kappa shape index (κ1) is 21.9. The first-order valence-electron chi connectivity index (χ1n) is 11.1. The average molecular weight is 466 g/mol. The molecule has 0 bridgehead atoms. The predicted octanol–water partition coefficient (Wildman–Crippen LogP) is 4.84. The third kappa shape index (κ3) is 3.37. The van der Waals surface area contributed by atoms with Gasteiger partial charge in [-0.3, -0.25) is 15.1 Å². The number of carbonyl (C=O) groups excluding carboxylic acids is 1. The average Bonchev–Trinajstić information content (AvgIpc) is 3.49. The van der Waals surface area contributed by atoms with Crippen LogP contribution in [-0.4, -0.2) is 23.8 Å². The van der Waals surface area contributed by atoms with Crippen LogP contribution in [0.25, 0.3) is 11.1 Å². The highest BCUT2D eigenvalue weighted by Gasteiger charge is 2.50. The van der Waals surface area contributed by atoms with Crippen molar-refractivity contribution in [3.8, 4) is 23.3 Å². The van der Waals surface area contributed by atoms with Crippen LogP contribution >= 0.6 is 11.3 Å². The second-order valence-corrected chi connectivity index (χ2v) is 10.1. The van der Waals surface area contributed by atoms with Gasteiger partial charge in [0.2, 0.25) is 5.91 Å². The van der Waals surface area contributed by atoms with Gasteiger partial charge in [0.25, 0.3) is 0 Å². The fraction of sp³-hybridized carbons (Fsp3) is 0.259. The van der Waals surface area contributed by atoms with Gasteiger partial charge in [-0.15, -0.1) is 11.3 Å². The minimum Gasteiger partial charge on any atom is -0.345 e. The number of rotatable bonds is 4. The van der Waals surface area contributed by atoms with Gasteiger partial charge in [0.15, 0.2) is 5.96 Å². The van der Waals surface area contributed by atoms with Crippen LogP contribution in [0.1, 0.15) is 47.3 Å². The minimum atomic E-state index is -0.829. The SMILES string of the molecule is CN1C(=N)N[C@](C)(c2cc(-c3cccc(C#N)c3)cs2)C(c2ccc(C3(C#N)CC3)cc2)C1=O. The summed E-state index contributed by atoms with van der Waals surface area (Å²) in [6.45, 7) is 1.96. The lowest BCUT2D eigenvalue weighted by Crippen LogP contribution is -2.62. The molecule has 2 heterocycles. The van der Waals surface area contributed by atoms with Crippen molar-refractivity contribution in [3.05, 3.63) is 81.5 Å². The molecule has 1 saturated carbocycles. The molecule has 2 atom stereocenters. The molecule has 34 heavy (non-hydrogen) atoms. The summed E-state index contributed by atoms with van der Waals surface area (Å²) in [5.41, 5.74) is 3.13. The van der Waals surface area contributed by atoms with Crippen molar-refractivity contribution < 1.29 is 4.79 Å². The zero-order valence-electron chi connectivity index (χ0n) is 18.9. The van der Waals surface area contributed by atoms with Crippen LogP contribution in [0, 0.1) is 28.1 Å². The van der Waals surface area contributed by atoms with E-state index in [4.69, 9.17) is 5.41 Å². The van der Waals surface area contributed by atoms with E-state index >= 15 is 0 Å². The summed E-state index contributed by atoms with van der Waals surface area (Å²) in [5.74, 6) is -0.639. The zero-order valence-corrected chi connectivity index (χ0v) is 19.7. The Morgan fingerprint density at radius 2 is 1.85 bits per heavy atom. The molecule has 5 rings (SSSR count). The van der Waals surface area contributed by atoms with E-state index in [0.29, 0.717) is 5.56 Å². The van der Waals surface area contributed by atoms with Crippen LogP contribution < -0.4 is 5.32 Å². The summed E-state index contributed by atoms with van der Waals surface area (Å²) < 4.78 is 0. The van der Waals surface area contributed by atoms with E-state index in [1.807, 2.05) is 60.8 Å². The first-order valence-corrected chi connectivity index (χ1v) is 11.9. The van der Waals surface area contributed by atoms with Crippen molar-refractivity contribution in [1.29, 1.82) is 15.9 Å². The fourth-order valence-electron chi connectivity index (χ4n) is 4.75. The Hall–Kier alpha value is -3.94. The Morgan fingerprint density at radius 1 is 1.12 bits per heavy atom. The van der Waals surface area contributed by atoms with Crippen molar-refractivity contribution in [3.63, 3.8) is 0 Å². The number of nitriles is 2. The van der Waals surface area contributed by atoms with E-state index in [-0.39, 0.29) is 17.3 Å². The van der Waals surface area contributed by atoms with Gasteiger partial charge in [-0.2, -0.15) is 10.5 Å². The third-order valence-electron chi connectivity index (χ3n) is 7.07. The van der Waals surface area contributed by atoms with Gasteiger partial charge < -0.3 is 5.32 Å². The lowest BCUT2D eigenvalue weighted by Gasteiger charge is -2.45. The van der Waals surface area contributed by atoms with Crippen LogP contribution in [0.5, 0.6) is 0 Å². The van der Waals surface area contributed by atoms with Gasteiger partial charge >= 0.3 is 0 Å². The van der Waals surface area contributed by atoms with Gasteiger partial charge in [-0.05, 0) is 65.6 Å². The molecule has 3 aromatic rings. The van der Waals surface area contributed by atoms with Crippen LogP contribution in [0.4, 0.5) is 0 Å². The summed E-state index contributed by atoms with van der Waals surface area (Å²) in [4.78, 5) is 15.8. The minimum absolute atomic E-state index is 0.0585. The lowest BCUT2D eigenvalue weighted by molar-refractivity contribution is -0.131. The van der Waals surface area contributed by atoms with Crippen molar-refractivity contribution in [2.24, 2.45) is 0 Å². The second kappa shape index (κ2) is 7.83. The Kier molecular flexibility index (Phi) is 5.04. The van der Waals surface area contributed by atoms with E-state index in [1.54, 1.807) is 13.1 Å². The smallest absolute Gasteiger partial charge is 0.239 e. The molecular formula is C27H23N5OS. The highest BCUT2D eigenvalue weighted by molar-refractivity contribution is 7.10. The van der Waals surface area contributed by atoms with Gasteiger partial charge in [0.05, 0.1) is 34.6 Å². The van der Waals surface area contributed by atoms with Crippen LogP contribution in [0.3, 0.4) is 0 Å². The molecule has 6 nitrogen and oxygen atoms in total. The first-order chi connectivity index (χ1) is 16.3. The molecule has 1 aliphatic carbocycles. The van der Waals surface area contributed by atoms with Gasteiger partial charge in [-0.1, -0.05) is 36.4 Å². The lowest BCUT2D eigenvalue weighted by atomic mass is 9.76. The van der Waals surface area contributed by atoms with E-state index < -0.39 is 11.5 Å². The molecule has 0 radical (unpaired) electrons. The zero-order chi connectivity index (χ0) is 24.1. The number of guanidine groups is 1. The van der Waals surface area contributed by atoms with Crippen molar-refractivity contribution in [2.75, 3.05) is 7.05 Å². The largest absolute Gasteiger partial charge is 0.345 e. The molecule has 7 heteroatoms. The molecule has 2 N–H and O–H groups in total. The van der Waals surface area contributed by atoms with Gasteiger partial charge in [-0.25, -0.2) is 0 Å². The van der Waals surface area contributed by atoms with Crippen LogP contribution in [0.2, 0.25) is 0 Å². The summed E-state index contributed by atoms with van der Waals surface area (Å²) in [6.07, 6.45) is 1.74. The number of benzene rings is 2. The Morgan fingerprint density at radius 3 is 2.50 bits per heavy atom. The molecular weight excluding hydrogens is 442 g/mol. The highest BCUT2D eigenvalue weighted by Crippen LogP contribution is 2.49. The standard InChI is InChI=1S/C27H23N5OS/c1-26(22-13-20(15-34-22)19-5-3-4-17(12-19)14-28)23(24(33)32(2)25(30)31-26)18-6-8-21(9-7-18)27(16-29)10-11-27/h3-9,12-13,15,23H,10-11H2,1-2H3,(H2,30,31)/t23?,26-/m1/s1. The molecule has 0 spiro atoms. The molecule has 2 fully saturated rings. The quantitative estimate of drug-likeness (QED) is 0.575. The summed E-state index contributed by atoms with van der Waals surface area (Å²) >= 11 is 1.53. The molecule has 1 saturated heterocycles. The van der Waals surface area contributed by atoms with Crippen LogP contribution in [-0.2, 0) is 15.7 Å². The summed E-state index contributed by atoms with van der Waals surface area (Å²) in [5, 5.41) is 32.5. The third-order valence-corrected chi connectivity index (χ3v) is 8.23. The number of hydrogen-bond acceptors (Lipinski definition) is 5. The molecule has 168 valence electrons. The van der Waals surface area contributed by atoms with Gasteiger partial charge in [0.1, 0.15) is 0 Å². The van der Waals surface area contributed by atoms with Crippen molar-refractivity contribution >= 4 is 23.2 Å². The molecule has 2 aliphatic rings. The van der Waals surface area contributed by atoms with E-state index in [9.17, 15) is 15.3 Å². The fourth-order valence-corrected chi connectivity index (χ4v) is 5.81.